The number of likely N-dealkylation sites (tertiary alicyclic amines) is 1. The van der Waals surface area contributed by atoms with Gasteiger partial charge >= 0.3 is 18.4 Å². The number of imide groups is 1. The third kappa shape index (κ3) is 8.30. The summed E-state index contributed by atoms with van der Waals surface area (Å²) >= 11 is 0. The van der Waals surface area contributed by atoms with E-state index < -0.39 is 71.2 Å². The molecule has 0 radical (unpaired) electrons. The van der Waals surface area contributed by atoms with Gasteiger partial charge in [-0.3, -0.25) is 9.59 Å². The van der Waals surface area contributed by atoms with Crippen LogP contribution in [0.5, 0.6) is 0 Å². The van der Waals surface area contributed by atoms with Gasteiger partial charge in [-0.15, -0.1) is 12.4 Å². The van der Waals surface area contributed by atoms with E-state index in [1.54, 1.807) is 13.0 Å². The first-order valence-electron chi connectivity index (χ1n) is 14.3. The van der Waals surface area contributed by atoms with Crippen molar-refractivity contribution in [3.63, 3.8) is 0 Å². The molecule has 0 unspecified atom stereocenters. The highest BCUT2D eigenvalue weighted by molar-refractivity contribution is 6.02. The quantitative estimate of drug-likeness (QED) is 0.287. The number of alkyl halides is 6. The van der Waals surface area contributed by atoms with Crippen molar-refractivity contribution in [2.45, 2.75) is 64.0 Å². The molecule has 2 aliphatic rings. The minimum absolute atomic E-state index is 0. The van der Waals surface area contributed by atoms with Crippen molar-refractivity contribution in [3.05, 3.63) is 70.0 Å². The summed E-state index contributed by atoms with van der Waals surface area (Å²) in [7, 11) is 1.32. The van der Waals surface area contributed by atoms with E-state index in [9.17, 15) is 45.1 Å². The summed E-state index contributed by atoms with van der Waals surface area (Å²) in [6.45, 7) is 5.55. The zero-order valence-corrected chi connectivity index (χ0v) is 26.4. The highest BCUT2D eigenvalue weighted by Crippen LogP contribution is 2.38. The number of hydrogen-bond donors (Lipinski definition) is 0. The van der Waals surface area contributed by atoms with Crippen LogP contribution in [0.1, 0.15) is 60.4 Å². The maximum Gasteiger partial charge on any atom is 0.417 e. The van der Waals surface area contributed by atoms with E-state index in [1.807, 2.05) is 4.90 Å². The zero-order valence-electron chi connectivity index (χ0n) is 25.6. The van der Waals surface area contributed by atoms with E-state index in [0.29, 0.717) is 55.7 Å². The van der Waals surface area contributed by atoms with Crippen LogP contribution in [0.2, 0.25) is 0 Å². The Balaban J connectivity index is 0.00000576. The van der Waals surface area contributed by atoms with Crippen molar-refractivity contribution in [3.8, 4) is 0 Å². The first kappa shape index (κ1) is 37.1. The van der Waals surface area contributed by atoms with Gasteiger partial charge in [0.05, 0.1) is 11.1 Å². The van der Waals surface area contributed by atoms with E-state index in [0.717, 1.165) is 9.80 Å². The smallest absolute Gasteiger partial charge is 0.417 e. The van der Waals surface area contributed by atoms with E-state index in [-0.39, 0.29) is 30.6 Å². The molecule has 0 bridgehead atoms. The molecule has 2 aromatic carbocycles. The molecule has 0 saturated carbocycles. The van der Waals surface area contributed by atoms with E-state index in [4.69, 9.17) is 4.74 Å². The fraction of sp³-hybridized carbons (Fsp3) is 0.516. The Morgan fingerprint density at radius 1 is 1.00 bits per heavy atom. The van der Waals surface area contributed by atoms with Crippen LogP contribution in [-0.2, 0) is 33.2 Å². The summed E-state index contributed by atoms with van der Waals surface area (Å²) in [5.41, 5.74) is -3.22. The van der Waals surface area contributed by atoms with Crippen molar-refractivity contribution < 1.29 is 49.9 Å². The second kappa shape index (κ2) is 13.8. The summed E-state index contributed by atoms with van der Waals surface area (Å²) in [5.74, 6) is -2.55. The summed E-state index contributed by atoms with van der Waals surface area (Å²) in [6.07, 6.45) is -10.0. The Hall–Kier alpha value is -3.39. The van der Waals surface area contributed by atoms with Gasteiger partial charge < -0.3 is 14.5 Å². The molecule has 46 heavy (non-hydrogen) atoms. The van der Waals surface area contributed by atoms with Gasteiger partial charge in [0.2, 0.25) is 5.91 Å². The Morgan fingerprint density at radius 3 is 2.13 bits per heavy atom. The van der Waals surface area contributed by atoms with Gasteiger partial charge in [-0.25, -0.2) is 14.1 Å². The number of cyclic esters (lactones) is 1. The number of aryl methyl sites for hydroxylation is 1. The van der Waals surface area contributed by atoms with Crippen LogP contribution in [-0.4, -0.2) is 71.4 Å². The van der Waals surface area contributed by atoms with Crippen LogP contribution in [0.25, 0.3) is 0 Å². The fourth-order valence-corrected chi connectivity index (χ4v) is 6.00. The zero-order chi connectivity index (χ0) is 33.5. The summed E-state index contributed by atoms with van der Waals surface area (Å²) < 4.78 is 99.4. The molecule has 254 valence electrons. The molecule has 0 aliphatic carbocycles. The van der Waals surface area contributed by atoms with Gasteiger partial charge in [-0.1, -0.05) is 6.07 Å². The summed E-state index contributed by atoms with van der Waals surface area (Å²) in [6, 6.07) is 5.41. The Kier molecular flexibility index (Phi) is 11.1. The van der Waals surface area contributed by atoms with Gasteiger partial charge in [0, 0.05) is 38.5 Å². The van der Waals surface area contributed by atoms with Crippen molar-refractivity contribution in [2.24, 2.45) is 5.92 Å². The molecule has 2 saturated heterocycles. The Labute approximate surface area is 268 Å². The SMILES string of the molecule is Cc1cc(F)ccc1[C@@H]1CN(CCCN2C(=O)OC(C)(C)C2=O)CC[C@H]1C(=O)N(C)Cc1cc(C(F)(F)F)cc(C(F)(F)F)c1.Cl. The standard InChI is InChI=1S/C31H34F7N3O4.ClH/c1-18-12-22(32)6-7-23(18)25-17-40(9-5-10-41-27(43)29(2,3)45-28(41)44)11-8-24(25)26(42)39(4)16-19-13-20(30(33,34)35)15-21(14-19)31(36,37)38;/h6-7,12-15,24-25H,5,8-11,16-17H2,1-4H3;1H/t24-,25+;/m1./s1. The number of piperidine rings is 1. The molecule has 2 atom stereocenters. The van der Waals surface area contributed by atoms with Gasteiger partial charge in [0.25, 0.3) is 5.91 Å². The highest BCUT2D eigenvalue weighted by Gasteiger charge is 2.47. The lowest BCUT2D eigenvalue weighted by atomic mass is 9.78. The predicted molar refractivity (Wildman–Crippen MR) is 155 cm³/mol. The number of ether oxygens (including phenoxy) is 1. The summed E-state index contributed by atoms with van der Waals surface area (Å²) in [5, 5.41) is 0. The van der Waals surface area contributed by atoms with Crippen molar-refractivity contribution >= 4 is 30.3 Å². The number of hydrogen-bond acceptors (Lipinski definition) is 5. The van der Waals surface area contributed by atoms with Crippen LogP contribution in [0.4, 0.5) is 35.5 Å². The predicted octanol–water partition coefficient (Wildman–Crippen LogP) is 6.81. The average molecular weight is 682 g/mol. The van der Waals surface area contributed by atoms with Gasteiger partial charge in [0.1, 0.15) is 5.82 Å². The summed E-state index contributed by atoms with van der Waals surface area (Å²) in [4.78, 5) is 42.5. The monoisotopic (exact) mass is 681 g/mol. The molecule has 2 heterocycles. The maximum atomic E-state index is 14.0. The average Bonchev–Trinajstić information content (AvgIpc) is 3.12. The second-order valence-corrected chi connectivity index (χ2v) is 12.1. The van der Waals surface area contributed by atoms with Crippen LogP contribution in [0, 0.1) is 18.7 Å². The minimum Gasteiger partial charge on any atom is -0.433 e. The van der Waals surface area contributed by atoms with Crippen LogP contribution < -0.4 is 0 Å². The van der Waals surface area contributed by atoms with E-state index in [2.05, 4.69) is 0 Å². The van der Waals surface area contributed by atoms with E-state index >= 15 is 0 Å². The molecule has 2 fully saturated rings. The number of nitrogens with zero attached hydrogens (tertiary/aromatic N) is 3. The number of amides is 3. The normalized spacial score (nSPS) is 20.4. The lowest BCUT2D eigenvalue weighted by Crippen LogP contribution is -2.46. The van der Waals surface area contributed by atoms with Crippen molar-refractivity contribution in [1.29, 1.82) is 0 Å². The van der Waals surface area contributed by atoms with Crippen LogP contribution >= 0.6 is 12.4 Å². The number of carbonyl (C=O) groups excluding carboxylic acids is 3. The topological polar surface area (TPSA) is 70.2 Å². The van der Waals surface area contributed by atoms with Gasteiger partial charge in [-0.2, -0.15) is 26.3 Å². The number of halogens is 8. The van der Waals surface area contributed by atoms with Crippen molar-refractivity contribution in [1.82, 2.24) is 14.7 Å². The van der Waals surface area contributed by atoms with Crippen molar-refractivity contribution in [2.75, 3.05) is 33.2 Å². The molecule has 0 N–H and O–H groups in total. The molecule has 7 nitrogen and oxygen atoms in total. The van der Waals surface area contributed by atoms with Gasteiger partial charge in [-0.05, 0) is 93.7 Å². The first-order chi connectivity index (χ1) is 20.8. The third-order valence-corrected chi connectivity index (χ3v) is 8.27. The molecule has 0 aromatic heterocycles. The molecule has 2 aromatic rings. The molecule has 4 rings (SSSR count). The van der Waals surface area contributed by atoms with Gasteiger partial charge in [0.15, 0.2) is 5.60 Å². The minimum atomic E-state index is -5.02. The lowest BCUT2D eigenvalue weighted by Gasteiger charge is -2.40. The lowest BCUT2D eigenvalue weighted by molar-refractivity contribution is -0.143. The third-order valence-electron chi connectivity index (χ3n) is 8.27. The largest absolute Gasteiger partial charge is 0.433 e. The number of benzene rings is 2. The Bertz CT molecular complexity index is 1430. The first-order valence-corrected chi connectivity index (χ1v) is 14.3. The maximum absolute atomic E-state index is 14.0. The molecular weight excluding hydrogens is 647 g/mol. The number of carbonyl (C=O) groups is 3. The molecule has 0 spiro atoms. The molecule has 15 heteroatoms. The van der Waals surface area contributed by atoms with Crippen LogP contribution in [0.15, 0.2) is 36.4 Å². The number of rotatable bonds is 8. The van der Waals surface area contributed by atoms with Crippen LogP contribution in [0.3, 0.4) is 0 Å². The Morgan fingerprint density at radius 2 is 1.61 bits per heavy atom. The van der Waals surface area contributed by atoms with E-state index in [1.165, 1.54) is 33.0 Å². The molecule has 3 amide bonds. The second-order valence-electron chi connectivity index (χ2n) is 12.1. The molecule has 2 aliphatic heterocycles. The highest BCUT2D eigenvalue weighted by atomic mass is 35.5. The fourth-order valence-electron chi connectivity index (χ4n) is 6.00. The molecular formula is C31H35ClF7N3O4.